The zero-order valence-corrected chi connectivity index (χ0v) is 12.4. The highest BCUT2D eigenvalue weighted by atomic mass is 32.2. The molecule has 0 bridgehead atoms. The van der Waals surface area contributed by atoms with E-state index in [9.17, 15) is 13.2 Å². The maximum Gasteiger partial charge on any atom is 0.276 e. The number of amides is 1. The van der Waals surface area contributed by atoms with Crippen molar-refractivity contribution in [3.8, 4) is 0 Å². The van der Waals surface area contributed by atoms with E-state index in [1.807, 2.05) is 6.92 Å². The number of aryl methyl sites for hydroxylation is 1. The number of nitrogens with two attached hydrogens (primary N) is 1. The molecule has 1 saturated heterocycles. The van der Waals surface area contributed by atoms with Crippen LogP contribution >= 0.6 is 0 Å². The van der Waals surface area contributed by atoms with Gasteiger partial charge in [-0.05, 0) is 6.42 Å². The molecule has 112 valence electrons. The van der Waals surface area contributed by atoms with Gasteiger partial charge in [-0.15, -0.1) is 0 Å². The van der Waals surface area contributed by atoms with Gasteiger partial charge in [-0.1, -0.05) is 6.92 Å². The molecule has 20 heavy (non-hydrogen) atoms. The number of sulfonamides is 1. The lowest BCUT2D eigenvalue weighted by molar-refractivity contribution is 0.0693. The van der Waals surface area contributed by atoms with E-state index >= 15 is 0 Å². The second-order valence-electron chi connectivity index (χ2n) is 4.77. The Morgan fingerprint density at radius 3 is 2.40 bits per heavy atom. The number of nitrogens with zero attached hydrogens (tertiary/aromatic N) is 3. The van der Waals surface area contributed by atoms with Crippen molar-refractivity contribution in [2.45, 2.75) is 13.3 Å². The van der Waals surface area contributed by atoms with E-state index in [2.05, 4.69) is 10.2 Å². The first-order chi connectivity index (χ1) is 9.34. The molecule has 1 amide bonds. The summed E-state index contributed by atoms with van der Waals surface area (Å²) in [5.74, 6) is -0.258. The molecule has 1 aromatic rings. The molecular weight excluding hydrogens is 282 g/mol. The Morgan fingerprint density at radius 1 is 1.35 bits per heavy atom. The fourth-order valence-electron chi connectivity index (χ4n) is 2.19. The molecular formula is C11H19N5O3S. The topological polar surface area (TPSA) is 112 Å². The van der Waals surface area contributed by atoms with Gasteiger partial charge in [-0.3, -0.25) is 9.89 Å². The van der Waals surface area contributed by atoms with Gasteiger partial charge in [0.25, 0.3) is 5.91 Å². The summed E-state index contributed by atoms with van der Waals surface area (Å²) in [4.78, 5) is 13.9. The van der Waals surface area contributed by atoms with Crippen molar-refractivity contribution in [1.82, 2.24) is 19.4 Å². The molecule has 0 aromatic carbocycles. The normalized spacial score (nSPS) is 17.4. The van der Waals surface area contributed by atoms with Crippen LogP contribution in [0.15, 0.2) is 0 Å². The number of aromatic nitrogens is 2. The lowest BCUT2D eigenvalue weighted by Crippen LogP contribution is -2.50. The largest absolute Gasteiger partial charge is 0.395 e. The Bertz CT molecular complexity index is 602. The van der Waals surface area contributed by atoms with E-state index in [0.717, 1.165) is 5.69 Å². The van der Waals surface area contributed by atoms with Crippen LogP contribution < -0.4 is 5.73 Å². The Hall–Kier alpha value is -1.61. The Balaban J connectivity index is 2.07. The van der Waals surface area contributed by atoms with Gasteiger partial charge in [-0.2, -0.15) is 9.40 Å². The summed E-state index contributed by atoms with van der Waals surface area (Å²) in [5, 5.41) is 6.70. The second-order valence-corrected chi connectivity index (χ2v) is 6.75. The van der Waals surface area contributed by atoms with E-state index in [0.29, 0.717) is 38.3 Å². The quantitative estimate of drug-likeness (QED) is 0.764. The average Bonchev–Trinajstić information content (AvgIpc) is 2.78. The van der Waals surface area contributed by atoms with Gasteiger partial charge < -0.3 is 10.6 Å². The van der Waals surface area contributed by atoms with Crippen LogP contribution in [-0.4, -0.2) is 66.2 Å². The van der Waals surface area contributed by atoms with Crippen molar-refractivity contribution in [3.63, 3.8) is 0 Å². The molecule has 0 radical (unpaired) electrons. The summed E-state index contributed by atoms with van der Waals surface area (Å²) < 4.78 is 24.2. The van der Waals surface area contributed by atoms with Gasteiger partial charge in [0.1, 0.15) is 0 Å². The highest BCUT2D eigenvalue weighted by Gasteiger charge is 2.29. The number of nitrogen functional groups attached to an aromatic ring is 1. The standard InChI is InChI=1S/C11H19N5O3S/c1-3-8-9(12)10(14-13-8)11(17)15-4-6-16(7-5-15)20(2,18)19/h3-7,12H2,1-2H3,(H,13,14). The molecule has 0 saturated carbocycles. The molecule has 2 rings (SSSR count). The number of piperazine rings is 1. The monoisotopic (exact) mass is 301 g/mol. The minimum absolute atomic E-state index is 0.217. The lowest BCUT2D eigenvalue weighted by atomic mass is 10.2. The van der Waals surface area contributed by atoms with Crippen LogP contribution in [0.2, 0.25) is 0 Å². The first kappa shape index (κ1) is 14.8. The van der Waals surface area contributed by atoms with E-state index < -0.39 is 10.0 Å². The lowest BCUT2D eigenvalue weighted by Gasteiger charge is -2.32. The summed E-state index contributed by atoms with van der Waals surface area (Å²) >= 11 is 0. The van der Waals surface area contributed by atoms with Gasteiger partial charge >= 0.3 is 0 Å². The van der Waals surface area contributed by atoms with Gasteiger partial charge in [0.2, 0.25) is 10.0 Å². The average molecular weight is 301 g/mol. The molecule has 8 nitrogen and oxygen atoms in total. The predicted octanol–water partition coefficient (Wildman–Crippen LogP) is -0.728. The van der Waals surface area contributed by atoms with Crippen LogP contribution in [0.5, 0.6) is 0 Å². The number of nitrogens with one attached hydrogen (secondary N) is 1. The summed E-state index contributed by atoms with van der Waals surface area (Å²) in [6.07, 6.45) is 1.84. The predicted molar refractivity (Wildman–Crippen MR) is 74.7 cm³/mol. The fraction of sp³-hybridized carbons (Fsp3) is 0.636. The smallest absolute Gasteiger partial charge is 0.276 e. The number of anilines is 1. The van der Waals surface area contributed by atoms with Gasteiger partial charge in [0.05, 0.1) is 17.6 Å². The minimum atomic E-state index is -3.20. The Morgan fingerprint density at radius 2 is 1.95 bits per heavy atom. The summed E-state index contributed by atoms with van der Waals surface area (Å²) in [6.45, 7) is 3.22. The van der Waals surface area contributed by atoms with Gasteiger partial charge in [0, 0.05) is 26.2 Å². The molecule has 1 aliphatic heterocycles. The first-order valence-corrected chi connectivity index (χ1v) is 8.26. The molecule has 0 aliphatic carbocycles. The SMILES string of the molecule is CCc1[nH]nc(C(=O)N2CCN(S(C)(=O)=O)CC2)c1N. The second kappa shape index (κ2) is 5.41. The fourth-order valence-corrected chi connectivity index (χ4v) is 3.02. The zero-order chi connectivity index (χ0) is 14.9. The van der Waals surface area contributed by atoms with Crippen LogP contribution in [0.4, 0.5) is 5.69 Å². The van der Waals surface area contributed by atoms with Gasteiger partial charge in [-0.25, -0.2) is 8.42 Å². The van der Waals surface area contributed by atoms with E-state index in [1.54, 1.807) is 4.90 Å². The molecule has 0 atom stereocenters. The summed E-state index contributed by atoms with van der Waals surface area (Å²) in [5.41, 5.74) is 7.20. The number of aromatic amines is 1. The number of rotatable bonds is 3. The number of hydrogen-bond acceptors (Lipinski definition) is 5. The highest BCUT2D eigenvalue weighted by Crippen LogP contribution is 2.17. The Kier molecular flexibility index (Phi) is 4.00. The molecule has 1 fully saturated rings. The molecule has 9 heteroatoms. The number of carbonyl (C=O) groups excluding carboxylic acids is 1. The third-order valence-electron chi connectivity index (χ3n) is 3.43. The molecule has 1 aromatic heterocycles. The molecule has 0 unspecified atom stereocenters. The minimum Gasteiger partial charge on any atom is -0.395 e. The number of H-pyrrole nitrogens is 1. The highest BCUT2D eigenvalue weighted by molar-refractivity contribution is 7.88. The number of hydrogen-bond donors (Lipinski definition) is 2. The van der Waals surface area contributed by atoms with E-state index in [1.165, 1.54) is 10.6 Å². The van der Waals surface area contributed by atoms with Crippen LogP contribution in [-0.2, 0) is 16.4 Å². The van der Waals surface area contributed by atoms with Crippen molar-refractivity contribution in [3.05, 3.63) is 11.4 Å². The third-order valence-corrected chi connectivity index (χ3v) is 4.74. The molecule has 3 N–H and O–H groups in total. The summed E-state index contributed by atoms with van der Waals surface area (Å²) in [7, 11) is -3.20. The van der Waals surface area contributed by atoms with Crippen molar-refractivity contribution in [2.75, 3.05) is 38.2 Å². The van der Waals surface area contributed by atoms with Crippen molar-refractivity contribution in [1.29, 1.82) is 0 Å². The molecule has 2 heterocycles. The first-order valence-electron chi connectivity index (χ1n) is 6.41. The van der Waals surface area contributed by atoms with Crippen molar-refractivity contribution >= 4 is 21.6 Å². The summed E-state index contributed by atoms with van der Waals surface area (Å²) in [6, 6.07) is 0. The van der Waals surface area contributed by atoms with Gasteiger partial charge in [0.15, 0.2) is 5.69 Å². The van der Waals surface area contributed by atoms with Crippen LogP contribution in [0.1, 0.15) is 23.1 Å². The number of carbonyl (C=O) groups is 1. The van der Waals surface area contributed by atoms with E-state index in [4.69, 9.17) is 5.73 Å². The van der Waals surface area contributed by atoms with Crippen LogP contribution in [0.3, 0.4) is 0 Å². The zero-order valence-electron chi connectivity index (χ0n) is 11.6. The van der Waals surface area contributed by atoms with E-state index in [-0.39, 0.29) is 11.6 Å². The van der Waals surface area contributed by atoms with Crippen molar-refractivity contribution in [2.24, 2.45) is 0 Å². The maximum absolute atomic E-state index is 12.3. The molecule has 1 aliphatic rings. The Labute approximate surface area is 118 Å². The third kappa shape index (κ3) is 2.78. The van der Waals surface area contributed by atoms with Crippen LogP contribution in [0.25, 0.3) is 0 Å². The maximum atomic E-state index is 12.3. The molecule has 0 spiro atoms. The van der Waals surface area contributed by atoms with Crippen LogP contribution in [0, 0.1) is 0 Å². The van der Waals surface area contributed by atoms with Crippen molar-refractivity contribution < 1.29 is 13.2 Å².